The predicted octanol–water partition coefficient (Wildman–Crippen LogP) is 4.67. The Labute approximate surface area is 156 Å². The normalized spacial score (nSPS) is 10.2. The predicted molar refractivity (Wildman–Crippen MR) is 101 cm³/mol. The summed E-state index contributed by atoms with van der Waals surface area (Å²) in [5, 5.41) is 6.33. The molecule has 2 aromatic rings. The molecule has 7 heteroatoms. The van der Waals surface area contributed by atoms with Gasteiger partial charge in [0.2, 0.25) is 5.91 Å². The van der Waals surface area contributed by atoms with E-state index in [4.69, 9.17) is 27.9 Å². The molecule has 2 rings (SSSR count). The van der Waals surface area contributed by atoms with Gasteiger partial charge in [-0.2, -0.15) is 0 Å². The van der Waals surface area contributed by atoms with Gasteiger partial charge in [0.05, 0.1) is 5.02 Å². The van der Waals surface area contributed by atoms with E-state index in [1.54, 1.807) is 37.3 Å². The van der Waals surface area contributed by atoms with Gasteiger partial charge >= 0.3 is 0 Å². The second kappa shape index (κ2) is 8.74. The summed E-state index contributed by atoms with van der Waals surface area (Å²) in [6.45, 7) is 3.43. The lowest BCUT2D eigenvalue weighted by Gasteiger charge is -2.12. The molecule has 0 aliphatic carbocycles. The van der Waals surface area contributed by atoms with Crippen molar-refractivity contribution in [2.24, 2.45) is 0 Å². The molecule has 0 aliphatic heterocycles. The van der Waals surface area contributed by atoms with Gasteiger partial charge in [-0.3, -0.25) is 9.59 Å². The van der Waals surface area contributed by atoms with E-state index < -0.39 is 0 Å². The van der Waals surface area contributed by atoms with Crippen molar-refractivity contribution in [2.75, 3.05) is 17.2 Å². The number of ether oxygens (including phenoxy) is 1. The Morgan fingerprint density at radius 1 is 1.04 bits per heavy atom. The maximum Gasteiger partial charge on any atom is 0.262 e. The molecule has 2 N–H and O–H groups in total. The van der Waals surface area contributed by atoms with Crippen molar-refractivity contribution >= 4 is 46.4 Å². The monoisotopic (exact) mass is 380 g/mol. The highest BCUT2D eigenvalue weighted by Gasteiger charge is 2.09. The van der Waals surface area contributed by atoms with Crippen LogP contribution in [0.3, 0.4) is 0 Å². The van der Waals surface area contributed by atoms with Crippen molar-refractivity contribution < 1.29 is 14.3 Å². The zero-order valence-corrected chi connectivity index (χ0v) is 15.4. The summed E-state index contributed by atoms with van der Waals surface area (Å²) in [4.78, 5) is 23.6. The largest absolute Gasteiger partial charge is 0.482 e. The van der Waals surface area contributed by atoms with Gasteiger partial charge in [0.1, 0.15) is 5.75 Å². The van der Waals surface area contributed by atoms with Crippen LogP contribution in [0, 0.1) is 6.92 Å². The molecule has 2 amide bonds. The lowest BCUT2D eigenvalue weighted by atomic mass is 10.1. The molecule has 0 unspecified atom stereocenters. The average Bonchev–Trinajstić information content (AvgIpc) is 2.57. The van der Waals surface area contributed by atoms with Gasteiger partial charge in [-0.05, 0) is 42.8 Å². The van der Waals surface area contributed by atoms with Crippen LogP contribution in [0.5, 0.6) is 5.75 Å². The highest BCUT2D eigenvalue weighted by Crippen LogP contribution is 2.27. The minimum atomic E-state index is -0.340. The van der Waals surface area contributed by atoms with Crippen molar-refractivity contribution in [1.29, 1.82) is 0 Å². The topological polar surface area (TPSA) is 67.4 Å². The number of hydrogen-bond donors (Lipinski definition) is 2. The Kier molecular flexibility index (Phi) is 6.67. The van der Waals surface area contributed by atoms with Crippen molar-refractivity contribution in [3.63, 3.8) is 0 Å². The maximum atomic E-state index is 12.1. The molecule has 0 fully saturated rings. The summed E-state index contributed by atoms with van der Waals surface area (Å²) in [6, 6.07) is 10.1. The van der Waals surface area contributed by atoms with E-state index in [1.807, 2.05) is 13.0 Å². The number of halogens is 2. The third kappa shape index (κ3) is 5.66. The Morgan fingerprint density at radius 2 is 1.80 bits per heavy atom. The molecule has 132 valence electrons. The molecule has 0 spiro atoms. The van der Waals surface area contributed by atoms with Gasteiger partial charge in [-0.1, -0.05) is 36.2 Å². The molecule has 2 aromatic carbocycles. The van der Waals surface area contributed by atoms with Crippen LogP contribution in [0.25, 0.3) is 0 Å². The fraction of sp³-hybridized carbons (Fsp3) is 0.222. The maximum absolute atomic E-state index is 12.1. The second-order valence-electron chi connectivity index (χ2n) is 5.34. The molecule has 0 aliphatic rings. The van der Waals surface area contributed by atoms with Crippen LogP contribution in [0.1, 0.15) is 18.9 Å². The zero-order chi connectivity index (χ0) is 18.4. The van der Waals surface area contributed by atoms with Crippen LogP contribution < -0.4 is 15.4 Å². The molecule has 5 nitrogen and oxygen atoms in total. The molecule has 0 saturated carbocycles. The molecular formula is C18H18Cl2N2O3. The number of amides is 2. The van der Waals surface area contributed by atoms with E-state index in [0.717, 1.165) is 5.56 Å². The van der Waals surface area contributed by atoms with E-state index in [1.165, 1.54) is 0 Å². The summed E-state index contributed by atoms with van der Waals surface area (Å²) in [5.41, 5.74) is 2.09. The second-order valence-corrected chi connectivity index (χ2v) is 6.19. The molecular weight excluding hydrogens is 363 g/mol. The summed E-state index contributed by atoms with van der Waals surface area (Å²) in [7, 11) is 0. The van der Waals surface area contributed by atoms with Crippen LogP contribution in [0.4, 0.5) is 11.4 Å². The zero-order valence-electron chi connectivity index (χ0n) is 13.9. The number of hydrogen-bond acceptors (Lipinski definition) is 3. The number of carbonyl (C=O) groups is 2. The lowest BCUT2D eigenvalue weighted by Crippen LogP contribution is -2.21. The Bertz CT molecular complexity index is 794. The van der Waals surface area contributed by atoms with E-state index in [2.05, 4.69) is 10.6 Å². The van der Waals surface area contributed by atoms with Gasteiger partial charge in [-0.25, -0.2) is 0 Å². The van der Waals surface area contributed by atoms with Crippen LogP contribution in [-0.4, -0.2) is 18.4 Å². The minimum Gasteiger partial charge on any atom is -0.482 e. The van der Waals surface area contributed by atoms with Crippen LogP contribution >= 0.6 is 23.2 Å². The first kappa shape index (κ1) is 19.1. The van der Waals surface area contributed by atoms with Crippen LogP contribution in [-0.2, 0) is 9.59 Å². The average molecular weight is 381 g/mol. The van der Waals surface area contributed by atoms with Crippen molar-refractivity contribution in [2.45, 2.75) is 20.3 Å². The number of carbonyl (C=O) groups excluding carboxylic acids is 2. The molecule has 0 aromatic heterocycles. The quantitative estimate of drug-likeness (QED) is 0.764. The van der Waals surface area contributed by atoms with E-state index >= 15 is 0 Å². The number of aryl methyl sites for hydroxylation is 1. The van der Waals surface area contributed by atoms with Crippen molar-refractivity contribution in [3.8, 4) is 5.75 Å². The lowest BCUT2D eigenvalue weighted by molar-refractivity contribution is -0.118. The molecule has 0 saturated heterocycles. The minimum absolute atomic E-state index is 0.0955. The summed E-state index contributed by atoms with van der Waals surface area (Å²) < 4.78 is 5.41. The van der Waals surface area contributed by atoms with Crippen molar-refractivity contribution in [3.05, 3.63) is 52.0 Å². The first-order chi connectivity index (χ1) is 11.9. The summed E-state index contributed by atoms with van der Waals surface area (Å²) in [6.07, 6.45) is 0.380. The Balaban J connectivity index is 1.99. The van der Waals surface area contributed by atoms with E-state index in [-0.39, 0.29) is 18.4 Å². The van der Waals surface area contributed by atoms with Gasteiger partial charge < -0.3 is 15.4 Å². The number of anilines is 2. The third-order valence-electron chi connectivity index (χ3n) is 3.37. The first-order valence-corrected chi connectivity index (χ1v) is 8.43. The highest BCUT2D eigenvalue weighted by atomic mass is 35.5. The van der Waals surface area contributed by atoms with Gasteiger partial charge in [-0.15, -0.1) is 0 Å². The molecule has 0 bridgehead atoms. The van der Waals surface area contributed by atoms with Crippen molar-refractivity contribution in [1.82, 2.24) is 0 Å². The fourth-order valence-corrected chi connectivity index (χ4v) is 2.47. The third-order valence-corrected chi connectivity index (χ3v) is 3.90. The number of nitrogens with one attached hydrogen (secondary N) is 2. The number of rotatable bonds is 6. The van der Waals surface area contributed by atoms with Gasteiger partial charge in [0, 0.05) is 22.8 Å². The smallest absolute Gasteiger partial charge is 0.262 e. The number of benzene rings is 2. The summed E-state index contributed by atoms with van der Waals surface area (Å²) >= 11 is 11.8. The Morgan fingerprint density at radius 3 is 2.48 bits per heavy atom. The van der Waals surface area contributed by atoms with Gasteiger partial charge in [0.15, 0.2) is 6.61 Å². The molecule has 0 radical (unpaired) electrons. The first-order valence-electron chi connectivity index (χ1n) is 7.67. The van der Waals surface area contributed by atoms with Gasteiger partial charge in [0.25, 0.3) is 5.91 Å². The summed E-state index contributed by atoms with van der Waals surface area (Å²) in [5.74, 6) is -0.0585. The fourth-order valence-electron chi connectivity index (χ4n) is 2.01. The SMILES string of the molecule is CCC(=O)Nc1ccc(C)c(NC(=O)COc2ccc(Cl)cc2Cl)c1. The Hall–Kier alpha value is -2.24. The standard InChI is InChI=1S/C18H18Cl2N2O3/c1-3-17(23)21-13-6-4-11(2)15(9-13)22-18(24)10-25-16-7-5-12(19)8-14(16)20/h4-9H,3,10H2,1-2H3,(H,21,23)(H,22,24). The molecule has 0 atom stereocenters. The van der Waals surface area contributed by atoms with E-state index in [9.17, 15) is 9.59 Å². The molecule has 0 heterocycles. The molecule has 25 heavy (non-hydrogen) atoms. The van der Waals surface area contributed by atoms with Crippen LogP contribution in [0.15, 0.2) is 36.4 Å². The van der Waals surface area contributed by atoms with Crippen LogP contribution in [0.2, 0.25) is 10.0 Å². The highest BCUT2D eigenvalue weighted by molar-refractivity contribution is 6.35. The van der Waals surface area contributed by atoms with E-state index in [0.29, 0.717) is 33.6 Å².